The van der Waals surface area contributed by atoms with Gasteiger partial charge in [0.15, 0.2) is 5.78 Å². The van der Waals surface area contributed by atoms with Crippen molar-refractivity contribution in [2.24, 2.45) is 0 Å². The van der Waals surface area contributed by atoms with Crippen LogP contribution >= 0.6 is 0 Å². The van der Waals surface area contributed by atoms with Crippen LogP contribution in [0.15, 0.2) is 103 Å². The van der Waals surface area contributed by atoms with Crippen LogP contribution in [0.25, 0.3) is 32.3 Å². The second-order valence-electron chi connectivity index (χ2n) is 8.37. The van der Waals surface area contributed by atoms with Crippen LogP contribution < -0.4 is 0 Å². The van der Waals surface area contributed by atoms with Crippen molar-refractivity contribution in [3.05, 3.63) is 131 Å². The maximum atomic E-state index is 13.5. The lowest BCUT2D eigenvalue weighted by molar-refractivity contribution is 0.103. The van der Waals surface area contributed by atoms with Crippen molar-refractivity contribution >= 4 is 44.4 Å². The number of ketones is 1. The SMILES string of the molecule is O=Cc1ccc(C#Cc2ccc(C(=O)c3ccc4ccc5cccc6ccc3c4c56)cc2)cc1. The lowest BCUT2D eigenvalue weighted by atomic mass is 9.89. The van der Waals surface area contributed by atoms with E-state index in [1.807, 2.05) is 48.5 Å². The molecule has 0 heterocycles. The number of benzene rings is 6. The lowest BCUT2D eigenvalue weighted by Crippen LogP contribution is -2.02. The van der Waals surface area contributed by atoms with E-state index in [2.05, 4.69) is 54.3 Å². The molecular formula is C32H18O2. The second kappa shape index (κ2) is 7.99. The number of hydrogen-bond acceptors (Lipinski definition) is 2. The zero-order valence-electron chi connectivity index (χ0n) is 18.2. The molecule has 34 heavy (non-hydrogen) atoms. The van der Waals surface area contributed by atoms with Crippen LogP contribution in [0.2, 0.25) is 0 Å². The molecule has 6 rings (SSSR count). The Labute approximate surface area is 196 Å². The summed E-state index contributed by atoms with van der Waals surface area (Å²) >= 11 is 0. The summed E-state index contributed by atoms with van der Waals surface area (Å²) in [7, 11) is 0. The monoisotopic (exact) mass is 434 g/mol. The average molecular weight is 434 g/mol. The van der Waals surface area contributed by atoms with Crippen molar-refractivity contribution in [1.29, 1.82) is 0 Å². The van der Waals surface area contributed by atoms with Gasteiger partial charge in [0.2, 0.25) is 0 Å². The standard InChI is InChI=1S/C32H18O2/c33-20-23-8-6-21(7-9-23)4-5-22-10-12-27(13-11-22)32(34)29-19-17-26-15-14-24-2-1-3-25-16-18-28(29)31(26)30(24)25/h1-3,6-20H. The molecule has 0 saturated heterocycles. The molecule has 0 radical (unpaired) electrons. The first-order chi connectivity index (χ1) is 16.7. The Kier molecular flexibility index (Phi) is 4.68. The van der Waals surface area contributed by atoms with E-state index in [1.165, 1.54) is 16.2 Å². The first-order valence-electron chi connectivity index (χ1n) is 11.1. The first kappa shape index (κ1) is 19.9. The molecule has 0 atom stereocenters. The topological polar surface area (TPSA) is 34.1 Å². The molecule has 0 fully saturated rings. The molecule has 0 aliphatic rings. The molecule has 0 aliphatic carbocycles. The Morgan fingerprint density at radius 2 is 1.15 bits per heavy atom. The van der Waals surface area contributed by atoms with E-state index in [0.29, 0.717) is 16.7 Å². The van der Waals surface area contributed by atoms with Gasteiger partial charge in [-0.3, -0.25) is 9.59 Å². The van der Waals surface area contributed by atoms with E-state index in [4.69, 9.17) is 0 Å². The van der Waals surface area contributed by atoms with Gasteiger partial charge in [0.05, 0.1) is 0 Å². The average Bonchev–Trinajstić information content (AvgIpc) is 2.90. The fraction of sp³-hybridized carbons (Fsp3) is 0. The van der Waals surface area contributed by atoms with E-state index in [0.717, 1.165) is 33.6 Å². The highest BCUT2D eigenvalue weighted by Crippen LogP contribution is 2.36. The van der Waals surface area contributed by atoms with E-state index in [9.17, 15) is 9.59 Å². The smallest absolute Gasteiger partial charge is 0.193 e. The van der Waals surface area contributed by atoms with Gasteiger partial charge < -0.3 is 0 Å². The molecule has 0 aliphatic heterocycles. The maximum Gasteiger partial charge on any atom is 0.193 e. The second-order valence-corrected chi connectivity index (χ2v) is 8.37. The lowest BCUT2D eigenvalue weighted by Gasteiger charge is -2.13. The molecule has 0 aromatic heterocycles. The number of rotatable bonds is 3. The molecule has 6 aromatic rings. The maximum absolute atomic E-state index is 13.5. The van der Waals surface area contributed by atoms with Crippen LogP contribution in [0, 0.1) is 11.8 Å². The molecule has 0 spiro atoms. The van der Waals surface area contributed by atoms with E-state index >= 15 is 0 Å². The van der Waals surface area contributed by atoms with Crippen molar-refractivity contribution in [2.45, 2.75) is 0 Å². The fourth-order valence-electron chi connectivity index (χ4n) is 4.58. The molecule has 0 N–H and O–H groups in total. The summed E-state index contributed by atoms with van der Waals surface area (Å²) in [5.41, 5.74) is 3.63. The molecule has 2 nitrogen and oxygen atoms in total. The summed E-state index contributed by atoms with van der Waals surface area (Å²) < 4.78 is 0. The zero-order valence-corrected chi connectivity index (χ0v) is 18.2. The van der Waals surface area contributed by atoms with Crippen molar-refractivity contribution in [3.8, 4) is 11.8 Å². The minimum Gasteiger partial charge on any atom is -0.298 e. The highest BCUT2D eigenvalue weighted by atomic mass is 16.1. The van der Waals surface area contributed by atoms with Gasteiger partial charge >= 0.3 is 0 Å². The predicted molar refractivity (Wildman–Crippen MR) is 138 cm³/mol. The summed E-state index contributed by atoms with van der Waals surface area (Å²) in [4.78, 5) is 24.3. The van der Waals surface area contributed by atoms with Gasteiger partial charge in [0.25, 0.3) is 0 Å². The van der Waals surface area contributed by atoms with Gasteiger partial charge in [-0.1, -0.05) is 72.5 Å². The fourth-order valence-corrected chi connectivity index (χ4v) is 4.58. The van der Waals surface area contributed by atoms with Gasteiger partial charge in [-0.2, -0.15) is 0 Å². The normalized spacial score (nSPS) is 10.9. The Hall–Kier alpha value is -4.74. The van der Waals surface area contributed by atoms with Gasteiger partial charge in [0, 0.05) is 27.8 Å². The molecule has 0 amide bonds. The summed E-state index contributed by atoms with van der Waals surface area (Å²) in [6, 6.07) is 33.2. The highest BCUT2D eigenvalue weighted by molar-refractivity contribution is 6.28. The van der Waals surface area contributed by atoms with Crippen molar-refractivity contribution < 1.29 is 9.59 Å². The molecule has 0 bridgehead atoms. The number of aldehydes is 1. The van der Waals surface area contributed by atoms with Gasteiger partial charge in [-0.25, -0.2) is 0 Å². The van der Waals surface area contributed by atoms with Crippen LogP contribution in [-0.4, -0.2) is 12.1 Å². The molecule has 158 valence electrons. The van der Waals surface area contributed by atoms with E-state index in [1.54, 1.807) is 12.1 Å². The third-order valence-corrected chi connectivity index (χ3v) is 6.32. The Morgan fingerprint density at radius 3 is 1.79 bits per heavy atom. The van der Waals surface area contributed by atoms with Crippen LogP contribution in [0.3, 0.4) is 0 Å². The number of carbonyl (C=O) groups is 2. The zero-order chi connectivity index (χ0) is 23.1. The highest BCUT2D eigenvalue weighted by Gasteiger charge is 2.16. The Morgan fingerprint density at radius 1 is 0.588 bits per heavy atom. The summed E-state index contributed by atoms with van der Waals surface area (Å²) in [5, 5.41) is 6.84. The van der Waals surface area contributed by atoms with E-state index in [-0.39, 0.29) is 5.78 Å². The quantitative estimate of drug-likeness (QED) is 0.130. The largest absolute Gasteiger partial charge is 0.298 e. The Bertz CT molecular complexity index is 1750. The van der Waals surface area contributed by atoms with Crippen molar-refractivity contribution in [3.63, 3.8) is 0 Å². The van der Waals surface area contributed by atoms with E-state index < -0.39 is 0 Å². The number of hydrogen-bond donors (Lipinski definition) is 0. The predicted octanol–water partition coefficient (Wildman–Crippen LogP) is 7.03. The molecule has 0 unspecified atom stereocenters. The van der Waals surface area contributed by atoms with Gasteiger partial charge in [-0.15, -0.1) is 0 Å². The Balaban J connectivity index is 1.36. The van der Waals surface area contributed by atoms with Crippen LogP contribution in [0.5, 0.6) is 0 Å². The van der Waals surface area contributed by atoms with Crippen LogP contribution in [0.1, 0.15) is 37.4 Å². The third-order valence-electron chi connectivity index (χ3n) is 6.32. The van der Waals surface area contributed by atoms with Gasteiger partial charge in [0.1, 0.15) is 6.29 Å². The van der Waals surface area contributed by atoms with Gasteiger partial charge in [-0.05, 0) is 74.8 Å². The van der Waals surface area contributed by atoms with Crippen molar-refractivity contribution in [2.75, 3.05) is 0 Å². The summed E-state index contributed by atoms with van der Waals surface area (Å²) in [6.45, 7) is 0. The molecule has 6 aromatic carbocycles. The molecular weight excluding hydrogens is 416 g/mol. The van der Waals surface area contributed by atoms with Crippen LogP contribution in [-0.2, 0) is 0 Å². The van der Waals surface area contributed by atoms with Crippen molar-refractivity contribution in [1.82, 2.24) is 0 Å². The number of carbonyl (C=O) groups excluding carboxylic acids is 2. The van der Waals surface area contributed by atoms with Crippen LogP contribution in [0.4, 0.5) is 0 Å². The summed E-state index contributed by atoms with van der Waals surface area (Å²) in [5.74, 6) is 6.21. The minimum absolute atomic E-state index is 0.00175. The first-order valence-corrected chi connectivity index (χ1v) is 11.1. The molecule has 0 saturated carbocycles. The summed E-state index contributed by atoms with van der Waals surface area (Å²) in [6.07, 6.45) is 0.813. The minimum atomic E-state index is 0.00175. The third kappa shape index (κ3) is 3.32. The molecule has 2 heteroatoms.